The first-order chi connectivity index (χ1) is 10.1. The molecule has 1 aromatic carbocycles. The Morgan fingerprint density at radius 3 is 2.81 bits per heavy atom. The van der Waals surface area contributed by atoms with Crippen molar-refractivity contribution in [2.75, 3.05) is 5.75 Å². The van der Waals surface area contributed by atoms with Crippen LogP contribution >= 0.6 is 23.1 Å². The highest BCUT2D eigenvalue weighted by Gasteiger charge is 2.11. The van der Waals surface area contributed by atoms with E-state index >= 15 is 0 Å². The van der Waals surface area contributed by atoms with Gasteiger partial charge in [-0.1, -0.05) is 6.07 Å². The molecule has 0 fully saturated rings. The fourth-order valence-corrected chi connectivity index (χ4v) is 2.99. The summed E-state index contributed by atoms with van der Waals surface area (Å²) < 4.78 is 13.5. The van der Waals surface area contributed by atoms with Crippen molar-refractivity contribution in [3.8, 4) is 0 Å². The fraction of sp³-hybridized carbons (Fsp3) is 0.143. The van der Waals surface area contributed by atoms with E-state index < -0.39 is 11.8 Å². The quantitative estimate of drug-likeness (QED) is 0.801. The Morgan fingerprint density at radius 1 is 1.33 bits per heavy atom. The average Bonchev–Trinajstić information content (AvgIpc) is 2.97. The second kappa shape index (κ2) is 7.24. The van der Waals surface area contributed by atoms with E-state index in [0.717, 1.165) is 22.7 Å². The molecule has 1 heterocycles. The van der Waals surface area contributed by atoms with Crippen LogP contribution in [-0.2, 0) is 11.3 Å². The third-order valence-electron chi connectivity index (χ3n) is 2.58. The van der Waals surface area contributed by atoms with Crippen LogP contribution in [0.4, 0.5) is 4.39 Å². The van der Waals surface area contributed by atoms with Gasteiger partial charge in [-0.15, -0.1) is 23.1 Å². The number of rotatable bonds is 6. The van der Waals surface area contributed by atoms with Gasteiger partial charge in [-0.2, -0.15) is 0 Å². The lowest BCUT2D eigenvalue weighted by atomic mass is 10.2. The van der Waals surface area contributed by atoms with E-state index in [0.29, 0.717) is 6.54 Å². The van der Waals surface area contributed by atoms with Gasteiger partial charge in [-0.3, -0.25) is 4.79 Å². The number of carboxylic acids is 1. The van der Waals surface area contributed by atoms with Crippen LogP contribution in [0.2, 0.25) is 0 Å². The smallest absolute Gasteiger partial charge is 0.335 e. The Balaban J connectivity index is 1.88. The molecule has 0 bridgehead atoms. The van der Waals surface area contributed by atoms with Gasteiger partial charge in [0.05, 0.1) is 17.9 Å². The molecule has 21 heavy (non-hydrogen) atoms. The predicted molar refractivity (Wildman–Crippen MR) is 80.2 cm³/mol. The van der Waals surface area contributed by atoms with Crippen LogP contribution in [0.1, 0.15) is 15.2 Å². The first kappa shape index (κ1) is 15.5. The van der Waals surface area contributed by atoms with E-state index in [1.807, 2.05) is 17.5 Å². The lowest BCUT2D eigenvalue weighted by molar-refractivity contribution is -0.118. The number of halogens is 1. The van der Waals surface area contributed by atoms with Gasteiger partial charge < -0.3 is 10.4 Å². The SMILES string of the molecule is O=C(CSc1cc(C(=O)O)ccc1F)NCc1cccs1. The lowest BCUT2D eigenvalue weighted by Crippen LogP contribution is -2.24. The van der Waals surface area contributed by atoms with Gasteiger partial charge in [-0.05, 0) is 29.6 Å². The van der Waals surface area contributed by atoms with Crippen molar-refractivity contribution >= 4 is 35.0 Å². The first-order valence-corrected chi connectivity index (χ1v) is 7.87. The molecule has 0 aliphatic heterocycles. The van der Waals surface area contributed by atoms with Crippen LogP contribution in [0.5, 0.6) is 0 Å². The first-order valence-electron chi connectivity index (χ1n) is 6.01. The van der Waals surface area contributed by atoms with Crippen molar-refractivity contribution in [3.63, 3.8) is 0 Å². The average molecular weight is 325 g/mol. The number of hydrogen-bond donors (Lipinski definition) is 2. The summed E-state index contributed by atoms with van der Waals surface area (Å²) in [6.07, 6.45) is 0. The number of carbonyl (C=O) groups excluding carboxylic acids is 1. The number of aromatic carboxylic acids is 1. The van der Waals surface area contributed by atoms with Crippen molar-refractivity contribution in [1.82, 2.24) is 5.32 Å². The fourth-order valence-electron chi connectivity index (χ4n) is 1.54. The number of hydrogen-bond acceptors (Lipinski definition) is 4. The van der Waals surface area contributed by atoms with Crippen LogP contribution in [-0.4, -0.2) is 22.7 Å². The van der Waals surface area contributed by atoms with Gasteiger partial charge in [-0.25, -0.2) is 9.18 Å². The van der Waals surface area contributed by atoms with Gasteiger partial charge in [0.2, 0.25) is 5.91 Å². The van der Waals surface area contributed by atoms with Crippen LogP contribution in [0.15, 0.2) is 40.6 Å². The largest absolute Gasteiger partial charge is 0.478 e. The van der Waals surface area contributed by atoms with E-state index in [4.69, 9.17) is 5.11 Å². The standard InChI is InChI=1S/C14H12FNO3S2/c15-11-4-3-9(14(18)19)6-12(11)21-8-13(17)16-7-10-2-1-5-20-10/h1-6H,7-8H2,(H,16,17)(H,18,19). The lowest BCUT2D eigenvalue weighted by Gasteiger charge is -2.05. The molecule has 2 aromatic rings. The molecular weight excluding hydrogens is 313 g/mol. The zero-order chi connectivity index (χ0) is 15.2. The Labute approximate surface area is 129 Å². The predicted octanol–water partition coefficient (Wildman–Crippen LogP) is 2.99. The van der Waals surface area contributed by atoms with Crippen molar-refractivity contribution in [3.05, 3.63) is 52.0 Å². The van der Waals surface area contributed by atoms with Crippen molar-refractivity contribution in [2.24, 2.45) is 0 Å². The van der Waals surface area contributed by atoms with Gasteiger partial charge in [0, 0.05) is 9.77 Å². The molecule has 0 spiro atoms. The summed E-state index contributed by atoms with van der Waals surface area (Å²) in [6, 6.07) is 7.32. The monoisotopic (exact) mass is 325 g/mol. The highest BCUT2D eigenvalue weighted by atomic mass is 32.2. The maximum Gasteiger partial charge on any atom is 0.335 e. The summed E-state index contributed by atoms with van der Waals surface area (Å²) >= 11 is 2.52. The van der Waals surface area contributed by atoms with E-state index in [1.54, 1.807) is 11.3 Å². The second-order valence-electron chi connectivity index (χ2n) is 4.10. The Hall–Kier alpha value is -1.86. The summed E-state index contributed by atoms with van der Waals surface area (Å²) in [5.41, 5.74) is -0.00195. The summed E-state index contributed by atoms with van der Waals surface area (Å²) in [4.78, 5) is 23.7. The van der Waals surface area contributed by atoms with Gasteiger partial charge in [0.1, 0.15) is 5.82 Å². The number of nitrogens with one attached hydrogen (secondary N) is 1. The molecule has 0 aliphatic carbocycles. The van der Waals surface area contributed by atoms with Gasteiger partial charge in [0.15, 0.2) is 0 Å². The van der Waals surface area contributed by atoms with Crippen LogP contribution in [0, 0.1) is 5.82 Å². The molecule has 2 N–H and O–H groups in total. The number of benzene rings is 1. The molecule has 0 saturated carbocycles. The highest BCUT2D eigenvalue weighted by molar-refractivity contribution is 8.00. The molecule has 1 aromatic heterocycles. The number of carbonyl (C=O) groups is 2. The molecule has 2 rings (SSSR count). The minimum Gasteiger partial charge on any atom is -0.478 e. The molecule has 110 valence electrons. The number of thioether (sulfide) groups is 1. The van der Waals surface area contributed by atoms with Crippen LogP contribution in [0.25, 0.3) is 0 Å². The summed E-state index contributed by atoms with van der Waals surface area (Å²) in [5.74, 6) is -1.85. The maximum absolute atomic E-state index is 13.5. The second-order valence-corrected chi connectivity index (χ2v) is 6.14. The zero-order valence-corrected chi connectivity index (χ0v) is 12.5. The van der Waals surface area contributed by atoms with Gasteiger partial charge in [0.25, 0.3) is 0 Å². The summed E-state index contributed by atoms with van der Waals surface area (Å²) in [7, 11) is 0. The third-order valence-corrected chi connectivity index (χ3v) is 4.48. The molecule has 0 saturated heterocycles. The zero-order valence-electron chi connectivity index (χ0n) is 10.8. The number of thiophene rings is 1. The third kappa shape index (κ3) is 4.57. The van der Waals surface area contributed by atoms with E-state index in [2.05, 4.69) is 5.32 Å². The van der Waals surface area contributed by atoms with Crippen molar-refractivity contribution in [2.45, 2.75) is 11.4 Å². The van der Waals surface area contributed by atoms with E-state index in [1.165, 1.54) is 12.1 Å². The topological polar surface area (TPSA) is 66.4 Å². The summed E-state index contributed by atoms with van der Waals surface area (Å²) in [5, 5.41) is 13.5. The van der Waals surface area contributed by atoms with Crippen LogP contribution in [0.3, 0.4) is 0 Å². The minimum atomic E-state index is -1.13. The Bertz CT molecular complexity index is 644. The molecule has 4 nitrogen and oxygen atoms in total. The number of carboxylic acid groups (broad SMARTS) is 1. The maximum atomic E-state index is 13.5. The van der Waals surface area contributed by atoms with E-state index in [-0.39, 0.29) is 22.1 Å². The number of amides is 1. The molecule has 1 amide bonds. The minimum absolute atomic E-state index is 0.00195. The summed E-state index contributed by atoms with van der Waals surface area (Å²) in [6.45, 7) is 0.439. The molecule has 0 atom stereocenters. The normalized spacial score (nSPS) is 10.3. The molecule has 0 aliphatic rings. The molecule has 0 unspecified atom stereocenters. The van der Waals surface area contributed by atoms with Crippen molar-refractivity contribution in [1.29, 1.82) is 0 Å². The van der Waals surface area contributed by atoms with Crippen LogP contribution < -0.4 is 5.32 Å². The Morgan fingerprint density at radius 2 is 2.14 bits per heavy atom. The van der Waals surface area contributed by atoms with Crippen molar-refractivity contribution < 1.29 is 19.1 Å². The molecule has 0 radical (unpaired) electrons. The molecular formula is C14H12FNO3S2. The molecule has 7 heteroatoms. The van der Waals surface area contributed by atoms with Gasteiger partial charge >= 0.3 is 5.97 Å². The Kier molecular flexibility index (Phi) is 5.35. The van der Waals surface area contributed by atoms with E-state index in [9.17, 15) is 14.0 Å². The highest BCUT2D eigenvalue weighted by Crippen LogP contribution is 2.23.